The molecule has 0 bridgehead atoms. The molecule has 0 saturated carbocycles. The quantitative estimate of drug-likeness (QED) is 0.188. The van der Waals surface area contributed by atoms with E-state index in [0.29, 0.717) is 34.1 Å². The molecule has 0 aliphatic rings. The van der Waals surface area contributed by atoms with E-state index in [2.05, 4.69) is 0 Å². The molecule has 0 saturated heterocycles. The molecule has 0 heterocycles. The minimum Gasteiger partial charge on any atom is -0.457 e. The van der Waals surface area contributed by atoms with E-state index in [1.807, 2.05) is 121 Å². The molecule has 6 aromatic carbocycles. The summed E-state index contributed by atoms with van der Waals surface area (Å²) in [4.78, 5) is 0.385. The second-order valence-corrected chi connectivity index (χ2v) is 11.3. The number of para-hydroxylation sites is 2. The topological polar surface area (TPSA) is 52.6 Å². The van der Waals surface area contributed by atoms with Gasteiger partial charge in [0, 0.05) is 11.1 Å². The lowest BCUT2D eigenvalue weighted by Crippen LogP contribution is -2.06. The lowest BCUT2D eigenvalue weighted by Gasteiger charge is -2.17. The van der Waals surface area contributed by atoms with Gasteiger partial charge in [0.2, 0.25) is 9.84 Å². The highest BCUT2D eigenvalue weighted by molar-refractivity contribution is 7.91. The van der Waals surface area contributed by atoms with Gasteiger partial charge in [0.1, 0.15) is 23.0 Å². The van der Waals surface area contributed by atoms with Gasteiger partial charge in [0.15, 0.2) is 0 Å². The van der Waals surface area contributed by atoms with Crippen LogP contribution in [0.25, 0.3) is 22.3 Å². The molecule has 0 atom stereocenters. The molecule has 200 valence electrons. The summed E-state index contributed by atoms with van der Waals surface area (Å²) in [6.07, 6.45) is 0. The van der Waals surface area contributed by atoms with Gasteiger partial charge in [-0.2, -0.15) is 0 Å². The summed E-state index contributed by atoms with van der Waals surface area (Å²) in [6.45, 7) is 0. The molecule has 0 N–H and O–H groups in total. The molecule has 0 aromatic heterocycles. The van der Waals surface area contributed by atoms with Gasteiger partial charge in [0.05, 0.1) is 9.79 Å². The standard InChI is InChI=1S/C36H26O4S/c37-41(38,35-23-21-31(39-29-17-9-3-10-18-29)25-33(35)27-13-5-1-6-14-27)36-24-22-32(40-30-19-11-4-12-20-30)26-34(36)28-15-7-2-8-16-28/h1-26H. The van der Waals surface area contributed by atoms with Crippen molar-refractivity contribution < 1.29 is 17.9 Å². The molecule has 0 radical (unpaired) electrons. The zero-order chi connectivity index (χ0) is 28.1. The summed E-state index contributed by atoms with van der Waals surface area (Å²) in [5.74, 6) is 2.43. The number of hydrogen-bond donors (Lipinski definition) is 0. The molecule has 0 fully saturated rings. The third kappa shape index (κ3) is 5.76. The van der Waals surface area contributed by atoms with Crippen molar-refractivity contribution >= 4 is 9.84 Å². The second kappa shape index (κ2) is 11.5. The van der Waals surface area contributed by atoms with Gasteiger partial charge >= 0.3 is 0 Å². The third-order valence-electron chi connectivity index (χ3n) is 6.61. The largest absolute Gasteiger partial charge is 0.457 e. The van der Waals surface area contributed by atoms with Gasteiger partial charge in [0.25, 0.3) is 0 Å². The van der Waals surface area contributed by atoms with Crippen molar-refractivity contribution in [3.8, 4) is 45.3 Å². The van der Waals surface area contributed by atoms with Crippen LogP contribution in [0.15, 0.2) is 168 Å². The first-order valence-electron chi connectivity index (χ1n) is 13.2. The molecule has 0 spiro atoms. The Kier molecular flexibility index (Phi) is 7.35. The van der Waals surface area contributed by atoms with Crippen LogP contribution in [0.1, 0.15) is 0 Å². The molecule has 0 aliphatic carbocycles. The second-order valence-electron chi connectivity index (χ2n) is 9.38. The highest BCUT2D eigenvalue weighted by Crippen LogP contribution is 2.40. The first kappa shape index (κ1) is 26.1. The van der Waals surface area contributed by atoms with E-state index in [1.54, 1.807) is 36.4 Å². The highest BCUT2D eigenvalue weighted by atomic mass is 32.2. The van der Waals surface area contributed by atoms with Crippen molar-refractivity contribution in [3.63, 3.8) is 0 Å². The number of rotatable bonds is 8. The van der Waals surface area contributed by atoms with Crippen molar-refractivity contribution in [2.75, 3.05) is 0 Å². The van der Waals surface area contributed by atoms with E-state index in [4.69, 9.17) is 9.47 Å². The molecule has 5 heteroatoms. The van der Waals surface area contributed by atoms with Crippen molar-refractivity contribution in [3.05, 3.63) is 158 Å². The molecule has 6 aromatic rings. The third-order valence-corrected chi connectivity index (χ3v) is 8.48. The van der Waals surface area contributed by atoms with Crippen molar-refractivity contribution in [1.82, 2.24) is 0 Å². The fourth-order valence-corrected chi connectivity index (χ4v) is 6.33. The summed E-state index contributed by atoms with van der Waals surface area (Å²) >= 11 is 0. The minimum absolute atomic E-state index is 0.193. The Hall–Kier alpha value is -5.13. The lowest BCUT2D eigenvalue weighted by atomic mass is 10.1. The van der Waals surface area contributed by atoms with E-state index >= 15 is 0 Å². The van der Waals surface area contributed by atoms with Gasteiger partial charge in [-0.15, -0.1) is 0 Å². The molecule has 0 unspecified atom stereocenters. The molecular weight excluding hydrogens is 528 g/mol. The Morgan fingerprint density at radius 2 is 0.707 bits per heavy atom. The van der Waals surface area contributed by atoms with Crippen LogP contribution < -0.4 is 9.47 Å². The molecule has 4 nitrogen and oxygen atoms in total. The van der Waals surface area contributed by atoms with Crippen LogP contribution in [0.5, 0.6) is 23.0 Å². The van der Waals surface area contributed by atoms with Crippen LogP contribution in [-0.4, -0.2) is 8.42 Å². The van der Waals surface area contributed by atoms with E-state index < -0.39 is 9.84 Å². The molecule has 41 heavy (non-hydrogen) atoms. The van der Waals surface area contributed by atoms with Crippen LogP contribution in [0.3, 0.4) is 0 Å². The van der Waals surface area contributed by atoms with Gasteiger partial charge < -0.3 is 9.47 Å². The maximum absolute atomic E-state index is 14.5. The lowest BCUT2D eigenvalue weighted by molar-refractivity contribution is 0.482. The smallest absolute Gasteiger partial charge is 0.207 e. The Balaban J connectivity index is 1.48. The zero-order valence-electron chi connectivity index (χ0n) is 22.1. The van der Waals surface area contributed by atoms with Crippen LogP contribution in [0, 0.1) is 0 Å². The highest BCUT2D eigenvalue weighted by Gasteiger charge is 2.26. The average Bonchev–Trinajstić information content (AvgIpc) is 3.03. The number of sulfone groups is 1. The summed E-state index contributed by atoms with van der Waals surface area (Å²) in [6, 6.07) is 48.0. The fraction of sp³-hybridized carbons (Fsp3) is 0. The van der Waals surface area contributed by atoms with Crippen LogP contribution >= 0.6 is 0 Å². The van der Waals surface area contributed by atoms with Gasteiger partial charge in [-0.05, 0) is 71.8 Å². The zero-order valence-corrected chi connectivity index (χ0v) is 22.9. The normalized spacial score (nSPS) is 11.1. The maximum Gasteiger partial charge on any atom is 0.207 e. The van der Waals surface area contributed by atoms with E-state index in [1.165, 1.54) is 0 Å². The van der Waals surface area contributed by atoms with E-state index in [9.17, 15) is 8.42 Å². The summed E-state index contributed by atoms with van der Waals surface area (Å²) in [5, 5.41) is 0. The van der Waals surface area contributed by atoms with Gasteiger partial charge in [-0.1, -0.05) is 97.1 Å². The molecule has 0 aliphatic heterocycles. The number of benzene rings is 6. The maximum atomic E-state index is 14.5. The summed E-state index contributed by atoms with van der Waals surface area (Å²) in [5.41, 5.74) is 2.66. The van der Waals surface area contributed by atoms with Crippen molar-refractivity contribution in [2.24, 2.45) is 0 Å². The van der Waals surface area contributed by atoms with E-state index in [0.717, 1.165) is 11.1 Å². The summed E-state index contributed by atoms with van der Waals surface area (Å²) < 4.78 is 41.1. The molecule has 0 amide bonds. The van der Waals surface area contributed by atoms with Crippen LogP contribution in [0.2, 0.25) is 0 Å². The number of ether oxygens (including phenoxy) is 2. The van der Waals surface area contributed by atoms with E-state index in [-0.39, 0.29) is 9.79 Å². The summed E-state index contributed by atoms with van der Waals surface area (Å²) in [7, 11) is -3.99. The first-order valence-corrected chi connectivity index (χ1v) is 14.7. The van der Waals surface area contributed by atoms with Crippen molar-refractivity contribution in [1.29, 1.82) is 0 Å². The van der Waals surface area contributed by atoms with Gasteiger partial charge in [-0.25, -0.2) is 8.42 Å². The predicted octanol–water partition coefficient (Wildman–Crippen LogP) is 9.44. The fourth-order valence-electron chi connectivity index (χ4n) is 4.67. The van der Waals surface area contributed by atoms with Crippen LogP contribution in [-0.2, 0) is 9.84 Å². The van der Waals surface area contributed by atoms with Gasteiger partial charge in [-0.3, -0.25) is 0 Å². The predicted molar refractivity (Wildman–Crippen MR) is 162 cm³/mol. The molecular formula is C36H26O4S. The minimum atomic E-state index is -3.99. The average molecular weight is 555 g/mol. The Bertz CT molecular complexity index is 1740. The SMILES string of the molecule is O=S(=O)(c1ccc(Oc2ccccc2)cc1-c1ccccc1)c1ccc(Oc2ccccc2)cc1-c1ccccc1. The Morgan fingerprint density at radius 1 is 0.366 bits per heavy atom. The first-order chi connectivity index (χ1) is 20.1. The Labute approximate surface area is 240 Å². The monoisotopic (exact) mass is 554 g/mol. The molecule has 6 rings (SSSR count). The van der Waals surface area contributed by atoms with Crippen LogP contribution in [0.4, 0.5) is 0 Å². The van der Waals surface area contributed by atoms with Crippen molar-refractivity contribution in [2.45, 2.75) is 9.79 Å². The Morgan fingerprint density at radius 3 is 1.07 bits per heavy atom. The number of hydrogen-bond acceptors (Lipinski definition) is 4.